The number of aromatic nitrogens is 1. The number of benzene rings is 1. The summed E-state index contributed by atoms with van der Waals surface area (Å²) in [4.78, 5) is 14.4. The molecule has 1 N–H and O–H groups in total. The largest absolute Gasteiger partial charge is 0.455 e. The minimum Gasteiger partial charge on any atom is -0.455 e. The van der Waals surface area contributed by atoms with E-state index in [1.54, 1.807) is 25.4 Å². The smallest absolute Gasteiger partial charge is 0.269 e. The van der Waals surface area contributed by atoms with Crippen molar-refractivity contribution in [1.82, 2.24) is 4.98 Å². The highest BCUT2D eigenvalue weighted by molar-refractivity contribution is 5.48. The molecule has 2 aromatic rings. The van der Waals surface area contributed by atoms with Gasteiger partial charge < -0.3 is 10.1 Å². The molecule has 0 amide bonds. The standard InChI is InChI=1S/C15H17N3O3/c1-3-6-17-12-8-14(10-16-9-12)21-15-5-4-13(18(19)20)7-11(15)2/h4-5,7-10,17H,3,6H2,1-2H3. The zero-order chi connectivity index (χ0) is 15.2. The molecule has 0 spiro atoms. The molecule has 0 radical (unpaired) electrons. The van der Waals surface area contributed by atoms with Gasteiger partial charge in [-0.05, 0) is 25.0 Å². The van der Waals surface area contributed by atoms with Crippen molar-refractivity contribution in [3.05, 3.63) is 52.3 Å². The summed E-state index contributed by atoms with van der Waals surface area (Å²) >= 11 is 0. The molecule has 0 fully saturated rings. The maximum absolute atomic E-state index is 10.7. The number of ether oxygens (including phenoxy) is 1. The van der Waals surface area contributed by atoms with Crippen molar-refractivity contribution in [2.75, 3.05) is 11.9 Å². The summed E-state index contributed by atoms with van der Waals surface area (Å²) < 4.78 is 5.74. The van der Waals surface area contributed by atoms with Crippen molar-refractivity contribution in [3.63, 3.8) is 0 Å². The molecule has 0 aliphatic carbocycles. The minimum atomic E-state index is -0.423. The van der Waals surface area contributed by atoms with E-state index in [9.17, 15) is 10.1 Å². The highest BCUT2D eigenvalue weighted by Gasteiger charge is 2.09. The molecule has 0 saturated carbocycles. The van der Waals surface area contributed by atoms with Crippen molar-refractivity contribution >= 4 is 11.4 Å². The molecular weight excluding hydrogens is 270 g/mol. The lowest BCUT2D eigenvalue weighted by atomic mass is 10.2. The number of aryl methyl sites for hydroxylation is 1. The second-order valence-corrected chi connectivity index (χ2v) is 4.65. The number of rotatable bonds is 6. The average molecular weight is 287 g/mol. The van der Waals surface area contributed by atoms with E-state index in [0.717, 1.165) is 18.7 Å². The summed E-state index contributed by atoms with van der Waals surface area (Å²) in [7, 11) is 0. The van der Waals surface area contributed by atoms with Crippen LogP contribution in [0.25, 0.3) is 0 Å². The molecule has 0 atom stereocenters. The van der Waals surface area contributed by atoms with Gasteiger partial charge in [0.25, 0.3) is 5.69 Å². The van der Waals surface area contributed by atoms with Crippen molar-refractivity contribution in [1.29, 1.82) is 0 Å². The van der Waals surface area contributed by atoms with Crippen LogP contribution >= 0.6 is 0 Å². The lowest BCUT2D eigenvalue weighted by Crippen LogP contribution is -2.00. The highest BCUT2D eigenvalue weighted by Crippen LogP contribution is 2.28. The monoisotopic (exact) mass is 287 g/mol. The van der Waals surface area contributed by atoms with E-state index < -0.39 is 4.92 Å². The van der Waals surface area contributed by atoms with Crippen LogP contribution in [0.3, 0.4) is 0 Å². The minimum absolute atomic E-state index is 0.0522. The molecule has 0 saturated heterocycles. The Kier molecular flexibility index (Phi) is 4.71. The Labute approximate surface area is 122 Å². The molecule has 0 unspecified atom stereocenters. The fourth-order valence-corrected chi connectivity index (χ4v) is 1.83. The lowest BCUT2D eigenvalue weighted by molar-refractivity contribution is -0.384. The Bertz CT molecular complexity index is 644. The van der Waals surface area contributed by atoms with E-state index in [2.05, 4.69) is 17.2 Å². The lowest BCUT2D eigenvalue weighted by Gasteiger charge is -2.10. The van der Waals surface area contributed by atoms with Gasteiger partial charge in [0.2, 0.25) is 0 Å². The van der Waals surface area contributed by atoms with Gasteiger partial charge >= 0.3 is 0 Å². The van der Waals surface area contributed by atoms with Gasteiger partial charge in [-0.3, -0.25) is 15.1 Å². The third-order valence-corrected chi connectivity index (χ3v) is 2.89. The zero-order valence-corrected chi connectivity index (χ0v) is 12.0. The van der Waals surface area contributed by atoms with Crippen molar-refractivity contribution in [2.24, 2.45) is 0 Å². The fourth-order valence-electron chi connectivity index (χ4n) is 1.83. The number of nitro groups is 1. The number of hydrogen-bond acceptors (Lipinski definition) is 5. The van der Waals surface area contributed by atoms with E-state index in [0.29, 0.717) is 17.1 Å². The van der Waals surface area contributed by atoms with Gasteiger partial charge in [0.05, 0.1) is 23.0 Å². The molecule has 2 rings (SSSR count). The molecule has 0 aliphatic rings. The number of pyridine rings is 1. The van der Waals surface area contributed by atoms with Crippen LogP contribution in [0.1, 0.15) is 18.9 Å². The van der Waals surface area contributed by atoms with Crippen molar-refractivity contribution in [3.8, 4) is 11.5 Å². The molecule has 110 valence electrons. The topological polar surface area (TPSA) is 77.3 Å². The van der Waals surface area contributed by atoms with Crippen LogP contribution in [0.2, 0.25) is 0 Å². The second-order valence-electron chi connectivity index (χ2n) is 4.65. The normalized spacial score (nSPS) is 10.2. The number of hydrogen-bond donors (Lipinski definition) is 1. The quantitative estimate of drug-likeness (QED) is 0.643. The summed E-state index contributed by atoms with van der Waals surface area (Å²) in [6, 6.07) is 6.36. The number of nitro benzene ring substituents is 1. The third kappa shape index (κ3) is 3.92. The SMILES string of the molecule is CCCNc1cncc(Oc2ccc([N+](=O)[O-])cc2C)c1. The van der Waals surface area contributed by atoms with Gasteiger partial charge in [0, 0.05) is 24.7 Å². The number of anilines is 1. The fraction of sp³-hybridized carbons (Fsp3) is 0.267. The van der Waals surface area contributed by atoms with Gasteiger partial charge in [-0.2, -0.15) is 0 Å². The van der Waals surface area contributed by atoms with Gasteiger partial charge in [0.1, 0.15) is 11.5 Å². The van der Waals surface area contributed by atoms with Gasteiger partial charge in [0.15, 0.2) is 0 Å². The zero-order valence-electron chi connectivity index (χ0n) is 12.0. The first-order valence-electron chi connectivity index (χ1n) is 6.72. The molecule has 0 bridgehead atoms. The molecular formula is C15H17N3O3. The average Bonchev–Trinajstić information content (AvgIpc) is 2.47. The van der Waals surface area contributed by atoms with Gasteiger partial charge in [-0.15, -0.1) is 0 Å². The molecule has 1 aromatic carbocycles. The first-order valence-corrected chi connectivity index (χ1v) is 6.72. The summed E-state index contributed by atoms with van der Waals surface area (Å²) in [6.07, 6.45) is 4.36. The summed E-state index contributed by atoms with van der Waals surface area (Å²) in [5.41, 5.74) is 1.64. The summed E-state index contributed by atoms with van der Waals surface area (Å²) in [5.74, 6) is 1.17. The number of non-ortho nitro benzene ring substituents is 1. The van der Waals surface area contributed by atoms with Crippen LogP contribution in [0.5, 0.6) is 11.5 Å². The Balaban J connectivity index is 2.16. The molecule has 1 heterocycles. The van der Waals surface area contributed by atoms with Crippen LogP contribution < -0.4 is 10.1 Å². The highest BCUT2D eigenvalue weighted by atomic mass is 16.6. The first-order chi connectivity index (χ1) is 10.1. The van der Waals surface area contributed by atoms with Crippen LogP contribution in [-0.2, 0) is 0 Å². The first kappa shape index (κ1) is 14.8. The van der Waals surface area contributed by atoms with E-state index in [1.165, 1.54) is 12.1 Å². The Morgan fingerprint density at radius 1 is 1.33 bits per heavy atom. The van der Waals surface area contributed by atoms with E-state index in [4.69, 9.17) is 4.74 Å². The van der Waals surface area contributed by atoms with Crippen molar-refractivity contribution < 1.29 is 9.66 Å². The molecule has 0 aliphatic heterocycles. The summed E-state index contributed by atoms with van der Waals surface area (Å²) in [6.45, 7) is 4.72. The summed E-state index contributed by atoms with van der Waals surface area (Å²) in [5, 5.41) is 13.9. The molecule has 21 heavy (non-hydrogen) atoms. The van der Waals surface area contributed by atoms with E-state index in [-0.39, 0.29) is 5.69 Å². The van der Waals surface area contributed by atoms with E-state index in [1.807, 2.05) is 6.07 Å². The Hall–Kier alpha value is -2.63. The second kappa shape index (κ2) is 6.69. The van der Waals surface area contributed by atoms with E-state index >= 15 is 0 Å². The maximum atomic E-state index is 10.7. The molecule has 6 nitrogen and oxygen atoms in total. The maximum Gasteiger partial charge on any atom is 0.269 e. The Morgan fingerprint density at radius 2 is 2.14 bits per heavy atom. The molecule has 1 aromatic heterocycles. The van der Waals surface area contributed by atoms with Gasteiger partial charge in [-0.1, -0.05) is 6.92 Å². The Morgan fingerprint density at radius 3 is 2.81 bits per heavy atom. The van der Waals surface area contributed by atoms with Crippen LogP contribution in [0.15, 0.2) is 36.7 Å². The van der Waals surface area contributed by atoms with Gasteiger partial charge in [-0.25, -0.2) is 0 Å². The number of nitrogens with one attached hydrogen (secondary N) is 1. The van der Waals surface area contributed by atoms with Crippen molar-refractivity contribution in [2.45, 2.75) is 20.3 Å². The third-order valence-electron chi connectivity index (χ3n) is 2.89. The number of nitrogens with zero attached hydrogens (tertiary/aromatic N) is 2. The van der Waals surface area contributed by atoms with Crippen LogP contribution in [-0.4, -0.2) is 16.5 Å². The molecule has 6 heteroatoms. The van der Waals surface area contributed by atoms with Crippen LogP contribution in [0, 0.1) is 17.0 Å². The predicted octanol–water partition coefficient (Wildman–Crippen LogP) is 3.91. The predicted molar refractivity (Wildman–Crippen MR) is 80.9 cm³/mol. The van der Waals surface area contributed by atoms with Crippen LogP contribution in [0.4, 0.5) is 11.4 Å².